The van der Waals surface area contributed by atoms with Crippen molar-refractivity contribution >= 4 is 34.2 Å². The SMILES string of the molecule is CC(C)(C)OC(=O)N1CCC(c2ccc(N3CCC(=O)NC3=O)cc2OS(=O)(=O)F)CC1. The van der Waals surface area contributed by atoms with Gasteiger partial charge in [0, 0.05) is 37.8 Å². The van der Waals surface area contributed by atoms with Crippen molar-refractivity contribution in [3.8, 4) is 5.75 Å². The zero-order valence-corrected chi connectivity index (χ0v) is 18.9. The van der Waals surface area contributed by atoms with Crippen LogP contribution in [0.5, 0.6) is 5.75 Å². The van der Waals surface area contributed by atoms with Gasteiger partial charge in [-0.3, -0.25) is 15.0 Å². The molecule has 0 saturated carbocycles. The van der Waals surface area contributed by atoms with E-state index in [-0.39, 0.29) is 30.3 Å². The molecule has 2 heterocycles. The minimum Gasteiger partial charge on any atom is -0.444 e. The van der Waals surface area contributed by atoms with Crippen LogP contribution in [0.15, 0.2) is 18.2 Å². The standard InChI is InChI=1S/C20H26FN3O7S/c1-20(2,3)30-19(27)23-9-6-13(7-10-23)15-5-4-14(12-16(15)31-32(21,28)29)24-11-8-17(25)22-18(24)26/h4-5,12-13H,6-11H2,1-3H3,(H,22,25,26). The second-order valence-electron chi connectivity index (χ2n) is 8.70. The fourth-order valence-electron chi connectivity index (χ4n) is 3.72. The predicted molar refractivity (Wildman–Crippen MR) is 112 cm³/mol. The molecule has 2 aliphatic heterocycles. The molecule has 1 aromatic rings. The van der Waals surface area contributed by atoms with E-state index in [1.807, 2.05) is 0 Å². The van der Waals surface area contributed by atoms with Gasteiger partial charge >= 0.3 is 22.6 Å². The Balaban J connectivity index is 1.80. The van der Waals surface area contributed by atoms with Gasteiger partial charge in [0.1, 0.15) is 5.60 Å². The molecule has 2 aliphatic rings. The quantitative estimate of drug-likeness (QED) is 0.670. The van der Waals surface area contributed by atoms with E-state index in [0.717, 1.165) is 0 Å². The largest absolute Gasteiger partial charge is 0.488 e. The molecule has 0 atom stereocenters. The lowest BCUT2D eigenvalue weighted by Gasteiger charge is -2.34. The lowest BCUT2D eigenvalue weighted by Crippen LogP contribution is -2.49. The highest BCUT2D eigenvalue weighted by atomic mass is 32.3. The topological polar surface area (TPSA) is 122 Å². The zero-order chi connectivity index (χ0) is 23.7. The summed E-state index contributed by atoms with van der Waals surface area (Å²) in [6.45, 7) is 6.18. The molecule has 2 saturated heterocycles. The third kappa shape index (κ3) is 6.09. The molecule has 0 spiro atoms. The molecule has 4 amide bonds. The summed E-state index contributed by atoms with van der Waals surface area (Å²) in [6.07, 6.45) is 0.619. The van der Waals surface area contributed by atoms with Crippen molar-refractivity contribution in [2.45, 2.75) is 51.6 Å². The van der Waals surface area contributed by atoms with Crippen LogP contribution in [0.2, 0.25) is 0 Å². The molecule has 12 heteroatoms. The molecule has 176 valence electrons. The van der Waals surface area contributed by atoms with Crippen molar-refractivity contribution in [2.24, 2.45) is 0 Å². The number of benzene rings is 1. The molecular weight excluding hydrogens is 445 g/mol. The van der Waals surface area contributed by atoms with E-state index in [9.17, 15) is 26.7 Å². The molecule has 3 rings (SSSR count). The second kappa shape index (κ2) is 8.93. The van der Waals surface area contributed by atoms with Gasteiger partial charge in [0.15, 0.2) is 5.75 Å². The van der Waals surface area contributed by atoms with Crippen LogP contribution >= 0.6 is 0 Å². The van der Waals surface area contributed by atoms with Crippen LogP contribution in [0.25, 0.3) is 0 Å². The van der Waals surface area contributed by atoms with E-state index in [1.54, 1.807) is 37.8 Å². The summed E-state index contributed by atoms with van der Waals surface area (Å²) in [4.78, 5) is 38.5. The number of nitrogens with one attached hydrogen (secondary N) is 1. The van der Waals surface area contributed by atoms with Crippen molar-refractivity contribution in [2.75, 3.05) is 24.5 Å². The molecule has 0 bridgehead atoms. The van der Waals surface area contributed by atoms with Crippen molar-refractivity contribution in [3.63, 3.8) is 0 Å². The molecule has 10 nitrogen and oxygen atoms in total. The Hall–Kier alpha value is -2.89. The normalized spacial score (nSPS) is 18.4. The van der Waals surface area contributed by atoms with Crippen LogP contribution < -0.4 is 14.4 Å². The van der Waals surface area contributed by atoms with Crippen LogP contribution in [0.3, 0.4) is 0 Å². The molecule has 32 heavy (non-hydrogen) atoms. The molecule has 0 radical (unpaired) electrons. The number of halogens is 1. The van der Waals surface area contributed by atoms with Crippen molar-refractivity contribution in [1.29, 1.82) is 0 Å². The maximum absolute atomic E-state index is 13.4. The number of anilines is 1. The highest BCUT2D eigenvalue weighted by molar-refractivity contribution is 7.81. The molecule has 1 aromatic carbocycles. The predicted octanol–water partition coefficient (Wildman–Crippen LogP) is 2.84. The van der Waals surface area contributed by atoms with Gasteiger partial charge in [-0.15, -0.1) is 0 Å². The summed E-state index contributed by atoms with van der Waals surface area (Å²) in [5.74, 6) is -0.843. The Bertz CT molecular complexity index is 1010. The molecule has 0 aliphatic carbocycles. The third-order valence-corrected chi connectivity index (χ3v) is 5.52. The van der Waals surface area contributed by atoms with Crippen LogP contribution in [-0.2, 0) is 20.0 Å². The highest BCUT2D eigenvalue weighted by Crippen LogP contribution is 2.38. The Morgan fingerprint density at radius 1 is 1.16 bits per heavy atom. The lowest BCUT2D eigenvalue weighted by atomic mass is 9.88. The Kier molecular flexibility index (Phi) is 6.63. The molecule has 0 aromatic heterocycles. The summed E-state index contributed by atoms with van der Waals surface area (Å²) in [6, 6.07) is 3.77. The van der Waals surface area contributed by atoms with Crippen LogP contribution in [0.4, 0.5) is 19.2 Å². The number of nitrogens with zero attached hydrogens (tertiary/aromatic N) is 2. The van der Waals surface area contributed by atoms with Gasteiger partial charge in [0.2, 0.25) is 5.91 Å². The first-order chi connectivity index (χ1) is 14.8. The van der Waals surface area contributed by atoms with Gasteiger partial charge in [0.05, 0.1) is 0 Å². The van der Waals surface area contributed by atoms with Gasteiger partial charge in [-0.1, -0.05) is 9.95 Å². The summed E-state index contributed by atoms with van der Waals surface area (Å²) >= 11 is 0. The summed E-state index contributed by atoms with van der Waals surface area (Å²) in [7, 11) is -5.31. The Labute approximate surface area is 186 Å². The van der Waals surface area contributed by atoms with E-state index in [4.69, 9.17) is 4.74 Å². The number of piperidine rings is 1. The summed E-state index contributed by atoms with van der Waals surface area (Å²) in [5, 5.41) is 2.17. The van der Waals surface area contributed by atoms with Gasteiger partial charge in [-0.05, 0) is 51.2 Å². The van der Waals surface area contributed by atoms with Gasteiger partial charge in [-0.2, -0.15) is 8.42 Å². The summed E-state index contributed by atoms with van der Waals surface area (Å²) in [5.41, 5.74) is 0.0990. The van der Waals surface area contributed by atoms with Crippen molar-refractivity contribution in [3.05, 3.63) is 23.8 Å². The first-order valence-electron chi connectivity index (χ1n) is 10.2. The monoisotopic (exact) mass is 471 g/mol. The third-order valence-electron chi connectivity index (χ3n) is 5.14. The number of carbonyl (C=O) groups excluding carboxylic acids is 3. The summed E-state index contributed by atoms with van der Waals surface area (Å²) < 4.78 is 45.8. The lowest BCUT2D eigenvalue weighted by molar-refractivity contribution is -0.120. The number of urea groups is 1. The molecule has 0 unspecified atom stereocenters. The molecule has 2 fully saturated rings. The number of amides is 4. The van der Waals surface area contributed by atoms with Crippen molar-refractivity contribution in [1.82, 2.24) is 10.2 Å². The number of likely N-dealkylation sites (tertiary alicyclic amines) is 1. The first-order valence-corrected chi connectivity index (χ1v) is 11.5. The average Bonchev–Trinajstić information content (AvgIpc) is 2.65. The number of hydrogen-bond acceptors (Lipinski definition) is 7. The number of rotatable bonds is 4. The van der Waals surface area contributed by atoms with Gasteiger partial charge in [-0.25, -0.2) is 9.59 Å². The Morgan fingerprint density at radius 2 is 1.81 bits per heavy atom. The number of imide groups is 1. The van der Waals surface area contributed by atoms with Crippen LogP contribution in [-0.4, -0.2) is 56.6 Å². The van der Waals surface area contributed by atoms with Crippen molar-refractivity contribution < 1.29 is 35.6 Å². The number of ether oxygens (including phenoxy) is 1. The maximum atomic E-state index is 13.4. The first kappa shape index (κ1) is 23.8. The van der Waals surface area contributed by atoms with E-state index >= 15 is 0 Å². The van der Waals surface area contributed by atoms with E-state index in [2.05, 4.69) is 9.50 Å². The highest BCUT2D eigenvalue weighted by Gasteiger charge is 2.31. The van der Waals surface area contributed by atoms with Crippen LogP contribution in [0, 0.1) is 0 Å². The maximum Gasteiger partial charge on any atom is 0.488 e. The zero-order valence-electron chi connectivity index (χ0n) is 18.1. The van der Waals surface area contributed by atoms with Gasteiger partial charge in [0.25, 0.3) is 0 Å². The smallest absolute Gasteiger partial charge is 0.444 e. The minimum atomic E-state index is -5.31. The van der Waals surface area contributed by atoms with E-state index in [1.165, 1.54) is 11.0 Å². The van der Waals surface area contributed by atoms with Gasteiger partial charge < -0.3 is 13.8 Å². The van der Waals surface area contributed by atoms with Crippen LogP contribution in [0.1, 0.15) is 51.5 Å². The fourth-order valence-corrected chi connectivity index (χ4v) is 4.08. The molecular formula is C20H26FN3O7S. The number of carbonyl (C=O) groups is 3. The minimum absolute atomic E-state index is 0.0776. The van der Waals surface area contributed by atoms with E-state index < -0.39 is 34.1 Å². The fraction of sp³-hybridized carbons (Fsp3) is 0.550. The number of hydrogen-bond donors (Lipinski definition) is 1. The Morgan fingerprint density at radius 3 is 2.38 bits per heavy atom. The average molecular weight is 472 g/mol. The van der Waals surface area contributed by atoms with E-state index in [0.29, 0.717) is 31.5 Å². The second-order valence-corrected chi connectivity index (χ2v) is 9.65. The molecule has 1 N–H and O–H groups in total.